The number of nitrogens with zero attached hydrogens (tertiary/aromatic N) is 3. The Morgan fingerprint density at radius 3 is 2.71 bits per heavy atom. The van der Waals surface area contributed by atoms with Crippen LogP contribution in [0.15, 0.2) is 53.9 Å². The first-order valence-corrected chi connectivity index (χ1v) is 10.1. The summed E-state index contributed by atoms with van der Waals surface area (Å²) in [6, 6.07) is 11.4. The molecular weight excluding hydrogens is 374 g/mol. The molecule has 4 rings (SSSR count). The summed E-state index contributed by atoms with van der Waals surface area (Å²) in [4.78, 5) is 21.0. The number of ketones is 1. The Hall–Kier alpha value is -2.80. The number of fused-ring (bicyclic) bond motifs is 1. The molecule has 0 saturated heterocycles. The lowest BCUT2D eigenvalue weighted by atomic mass is 10.2. The molecule has 1 aliphatic rings. The van der Waals surface area contributed by atoms with Crippen molar-refractivity contribution in [2.24, 2.45) is 0 Å². The molecule has 28 heavy (non-hydrogen) atoms. The summed E-state index contributed by atoms with van der Waals surface area (Å²) < 4.78 is 14.0. The first-order valence-electron chi connectivity index (χ1n) is 9.10. The number of benzene rings is 1. The highest BCUT2D eigenvalue weighted by Crippen LogP contribution is 2.31. The van der Waals surface area contributed by atoms with E-state index in [0.717, 1.165) is 28.5 Å². The van der Waals surface area contributed by atoms with Crippen molar-refractivity contribution in [1.82, 2.24) is 14.5 Å². The first-order chi connectivity index (χ1) is 13.6. The van der Waals surface area contributed by atoms with E-state index < -0.39 is 0 Å². The van der Waals surface area contributed by atoms with Crippen LogP contribution in [-0.2, 0) is 6.54 Å². The number of aromatic nitrogens is 3. The number of hydrogen-bond donors (Lipinski definition) is 0. The molecule has 144 valence electrons. The van der Waals surface area contributed by atoms with Gasteiger partial charge >= 0.3 is 0 Å². The summed E-state index contributed by atoms with van der Waals surface area (Å²) in [5.74, 6) is 1.92. The van der Waals surface area contributed by atoms with Crippen molar-refractivity contribution in [1.29, 1.82) is 0 Å². The van der Waals surface area contributed by atoms with Gasteiger partial charge in [-0.05, 0) is 38.1 Å². The number of Topliss-reactive ketones (excluding diaryl/α,β-unsaturated/α-hetero) is 1. The van der Waals surface area contributed by atoms with Gasteiger partial charge in [0, 0.05) is 29.3 Å². The van der Waals surface area contributed by atoms with E-state index >= 15 is 0 Å². The summed E-state index contributed by atoms with van der Waals surface area (Å²) in [5.41, 5.74) is 2.71. The van der Waals surface area contributed by atoms with Crippen molar-refractivity contribution in [2.75, 3.05) is 12.4 Å². The van der Waals surface area contributed by atoms with E-state index in [0.29, 0.717) is 24.1 Å². The lowest BCUT2D eigenvalue weighted by Crippen LogP contribution is -2.33. The highest BCUT2D eigenvalue weighted by molar-refractivity contribution is 7.99. The minimum Gasteiger partial charge on any atom is -0.486 e. The summed E-state index contributed by atoms with van der Waals surface area (Å²) >= 11 is 1.35. The third-order valence-electron chi connectivity index (χ3n) is 4.70. The fraction of sp³-hybridized carbons (Fsp3) is 0.286. The van der Waals surface area contributed by atoms with Gasteiger partial charge in [-0.25, -0.2) is 9.97 Å². The number of thioether (sulfide) groups is 1. The van der Waals surface area contributed by atoms with Crippen LogP contribution in [0.1, 0.15) is 21.7 Å². The summed E-state index contributed by atoms with van der Waals surface area (Å²) in [6.45, 7) is 5.10. The average molecular weight is 395 g/mol. The molecule has 7 heteroatoms. The topological polar surface area (TPSA) is 66.2 Å². The summed E-state index contributed by atoms with van der Waals surface area (Å²) in [7, 11) is 0. The van der Waals surface area contributed by atoms with Crippen molar-refractivity contribution >= 4 is 17.5 Å². The lowest BCUT2D eigenvalue weighted by molar-refractivity contribution is 0.0777. The smallest absolute Gasteiger partial charge is 0.187 e. The molecule has 1 aromatic carbocycles. The van der Waals surface area contributed by atoms with Crippen LogP contribution in [0, 0.1) is 13.8 Å². The molecule has 0 saturated carbocycles. The van der Waals surface area contributed by atoms with Gasteiger partial charge in [-0.1, -0.05) is 23.9 Å². The van der Waals surface area contributed by atoms with Crippen molar-refractivity contribution in [3.05, 3.63) is 65.7 Å². The Bertz CT molecular complexity index is 988. The number of para-hydroxylation sites is 2. The third kappa shape index (κ3) is 3.89. The van der Waals surface area contributed by atoms with Crippen molar-refractivity contribution < 1.29 is 14.3 Å². The maximum absolute atomic E-state index is 12.7. The number of carbonyl (C=O) groups is 1. The van der Waals surface area contributed by atoms with Crippen LogP contribution >= 0.6 is 11.8 Å². The van der Waals surface area contributed by atoms with Gasteiger partial charge in [0.1, 0.15) is 6.61 Å². The molecule has 0 bridgehead atoms. The molecule has 0 fully saturated rings. The standard InChI is InChI=1S/C21H21N3O3S/c1-14-10-17(18(25)13-28-21-22-8-5-9-23-21)15(2)24(14)11-16-12-26-19-6-3-4-7-20(19)27-16/h3-10,16H,11-13H2,1-2H3/t16-/m0/s1. The number of hydrogen-bond acceptors (Lipinski definition) is 6. The highest BCUT2D eigenvalue weighted by Gasteiger charge is 2.24. The van der Waals surface area contributed by atoms with Gasteiger partial charge in [-0.3, -0.25) is 4.79 Å². The van der Waals surface area contributed by atoms with Crippen molar-refractivity contribution in [2.45, 2.75) is 31.7 Å². The molecule has 0 amide bonds. The van der Waals surface area contributed by atoms with Crippen molar-refractivity contribution in [3.63, 3.8) is 0 Å². The molecule has 3 heterocycles. The van der Waals surface area contributed by atoms with E-state index in [1.165, 1.54) is 11.8 Å². The van der Waals surface area contributed by atoms with Gasteiger partial charge in [-0.15, -0.1) is 0 Å². The molecule has 1 atom stereocenters. The Kier molecular flexibility index (Phi) is 5.34. The zero-order chi connectivity index (χ0) is 19.5. The Morgan fingerprint density at radius 1 is 1.18 bits per heavy atom. The highest BCUT2D eigenvalue weighted by atomic mass is 32.2. The Morgan fingerprint density at radius 2 is 1.93 bits per heavy atom. The van der Waals surface area contributed by atoms with Gasteiger partial charge in [0.15, 0.2) is 28.5 Å². The third-order valence-corrected chi connectivity index (χ3v) is 5.58. The molecule has 6 nitrogen and oxygen atoms in total. The number of ether oxygens (including phenoxy) is 2. The van der Waals surface area contributed by atoms with Crippen LogP contribution in [0.3, 0.4) is 0 Å². The van der Waals surface area contributed by atoms with E-state index in [9.17, 15) is 4.79 Å². The van der Waals surface area contributed by atoms with E-state index in [1.54, 1.807) is 18.5 Å². The monoisotopic (exact) mass is 395 g/mol. The maximum atomic E-state index is 12.7. The van der Waals surface area contributed by atoms with Gasteiger partial charge in [0.05, 0.1) is 12.3 Å². The second kappa shape index (κ2) is 8.06. The van der Waals surface area contributed by atoms with Crippen LogP contribution < -0.4 is 9.47 Å². The summed E-state index contributed by atoms with van der Waals surface area (Å²) in [6.07, 6.45) is 3.25. The van der Waals surface area contributed by atoms with Gasteiger partial charge in [-0.2, -0.15) is 0 Å². The number of carbonyl (C=O) groups excluding carboxylic acids is 1. The quantitative estimate of drug-likeness (QED) is 0.360. The predicted molar refractivity (Wildman–Crippen MR) is 107 cm³/mol. The Balaban J connectivity index is 1.45. The Labute approximate surface area is 167 Å². The fourth-order valence-electron chi connectivity index (χ4n) is 3.29. The molecule has 0 aliphatic carbocycles. The molecule has 2 aromatic heterocycles. The van der Waals surface area contributed by atoms with Crippen LogP contribution in [0.25, 0.3) is 0 Å². The van der Waals surface area contributed by atoms with E-state index in [1.807, 2.05) is 44.2 Å². The van der Waals surface area contributed by atoms with E-state index in [-0.39, 0.29) is 11.9 Å². The van der Waals surface area contributed by atoms with Crippen LogP contribution in [-0.4, -0.2) is 38.8 Å². The minimum atomic E-state index is -0.102. The maximum Gasteiger partial charge on any atom is 0.187 e. The van der Waals surface area contributed by atoms with Crippen LogP contribution in [0.5, 0.6) is 11.5 Å². The van der Waals surface area contributed by atoms with E-state index in [4.69, 9.17) is 9.47 Å². The predicted octanol–water partition coefficient (Wildman–Crippen LogP) is 3.71. The number of rotatable bonds is 6. The second-order valence-electron chi connectivity index (χ2n) is 6.64. The zero-order valence-corrected chi connectivity index (χ0v) is 16.6. The van der Waals surface area contributed by atoms with Crippen LogP contribution in [0.4, 0.5) is 0 Å². The fourth-order valence-corrected chi connectivity index (χ4v) is 3.98. The molecule has 0 radical (unpaired) electrons. The molecule has 0 N–H and O–H groups in total. The molecular formula is C21H21N3O3S. The van der Waals surface area contributed by atoms with Gasteiger partial charge in [0.2, 0.25) is 0 Å². The molecule has 0 unspecified atom stereocenters. The van der Waals surface area contributed by atoms with Crippen LogP contribution in [0.2, 0.25) is 0 Å². The normalized spacial score (nSPS) is 15.4. The first kappa shape index (κ1) is 18.6. The molecule has 1 aliphatic heterocycles. The van der Waals surface area contributed by atoms with Crippen molar-refractivity contribution in [3.8, 4) is 11.5 Å². The minimum absolute atomic E-state index is 0.0722. The molecule has 3 aromatic rings. The average Bonchev–Trinajstić information content (AvgIpc) is 3.01. The van der Waals surface area contributed by atoms with Gasteiger partial charge in [0.25, 0.3) is 0 Å². The van der Waals surface area contributed by atoms with Gasteiger partial charge < -0.3 is 14.0 Å². The largest absolute Gasteiger partial charge is 0.486 e. The SMILES string of the molecule is Cc1cc(C(=O)CSc2ncccn2)c(C)n1C[C@H]1COc2ccccc2O1. The number of aryl methyl sites for hydroxylation is 1. The lowest BCUT2D eigenvalue weighted by Gasteiger charge is -2.27. The summed E-state index contributed by atoms with van der Waals surface area (Å²) in [5, 5.41) is 0.607. The van der Waals surface area contributed by atoms with E-state index in [2.05, 4.69) is 14.5 Å². The molecule has 0 spiro atoms. The second-order valence-corrected chi connectivity index (χ2v) is 7.58. The zero-order valence-electron chi connectivity index (χ0n) is 15.8.